The van der Waals surface area contributed by atoms with Crippen molar-refractivity contribution in [1.29, 1.82) is 0 Å². The number of amides is 2. The molecule has 0 aromatic heterocycles. The van der Waals surface area contributed by atoms with Crippen molar-refractivity contribution in [3.8, 4) is 0 Å². The second-order valence-electron chi connectivity index (χ2n) is 9.85. The molecule has 3 atom stereocenters. The van der Waals surface area contributed by atoms with Crippen LogP contribution < -0.4 is 0 Å². The molecule has 0 radical (unpaired) electrons. The number of benzene rings is 4. The van der Waals surface area contributed by atoms with Crippen LogP contribution in [0, 0.1) is 0 Å². The van der Waals surface area contributed by atoms with E-state index < -0.39 is 6.10 Å². The van der Waals surface area contributed by atoms with Gasteiger partial charge in [0, 0.05) is 13.1 Å². The van der Waals surface area contributed by atoms with Gasteiger partial charge in [-0.1, -0.05) is 121 Å². The Morgan fingerprint density at radius 1 is 0.541 bits per heavy atom. The maximum atomic E-state index is 14.2. The molecule has 1 saturated heterocycles. The Labute approximate surface area is 219 Å². The summed E-state index contributed by atoms with van der Waals surface area (Å²) in [6.45, 7) is 0.935. The van der Waals surface area contributed by atoms with E-state index in [9.17, 15) is 9.90 Å². The Hall–Kier alpha value is -3.89. The molecule has 4 aromatic rings. The van der Waals surface area contributed by atoms with Gasteiger partial charge in [0.2, 0.25) is 0 Å². The number of urea groups is 1. The number of aliphatic hydroxyl groups is 1. The van der Waals surface area contributed by atoms with Gasteiger partial charge >= 0.3 is 6.03 Å². The number of carbonyl (C=O) groups is 1. The monoisotopic (exact) mass is 490 g/mol. The highest BCUT2D eigenvalue weighted by Gasteiger charge is 2.45. The average molecular weight is 491 g/mol. The van der Waals surface area contributed by atoms with Crippen molar-refractivity contribution < 1.29 is 9.90 Å². The standard InChI is InChI=1S/C33H34N2O2/c36-32-30(22-21-26-13-5-1-6-14-26)34(24-28-17-9-3-10-18-28)33(37)35(25-29-19-11-4-12-20-29)31(32)23-27-15-7-2-8-16-27/h1-20,30-32,36H,21-25H2/t30-,31-,32+/m0/s1. The summed E-state index contributed by atoms with van der Waals surface area (Å²) in [5, 5.41) is 11.9. The Bertz CT molecular complexity index is 1250. The zero-order chi connectivity index (χ0) is 25.5. The first-order valence-electron chi connectivity index (χ1n) is 13.1. The van der Waals surface area contributed by atoms with Crippen molar-refractivity contribution in [3.63, 3.8) is 0 Å². The molecule has 188 valence electrons. The van der Waals surface area contributed by atoms with Gasteiger partial charge in [0.1, 0.15) is 0 Å². The lowest BCUT2D eigenvalue weighted by atomic mass is 9.88. The Morgan fingerprint density at radius 3 is 1.43 bits per heavy atom. The van der Waals surface area contributed by atoms with E-state index >= 15 is 0 Å². The fourth-order valence-corrected chi connectivity index (χ4v) is 5.38. The van der Waals surface area contributed by atoms with Crippen LogP contribution in [0.15, 0.2) is 121 Å². The molecule has 1 aliphatic rings. The average Bonchev–Trinajstić information content (AvgIpc) is 2.95. The molecule has 0 aliphatic carbocycles. The van der Waals surface area contributed by atoms with Gasteiger partial charge in [-0.15, -0.1) is 0 Å². The van der Waals surface area contributed by atoms with Gasteiger partial charge in [-0.05, 0) is 41.5 Å². The minimum Gasteiger partial charge on any atom is -0.389 e. The summed E-state index contributed by atoms with van der Waals surface area (Å²) in [5.41, 5.74) is 4.46. The fourth-order valence-electron chi connectivity index (χ4n) is 5.38. The lowest BCUT2D eigenvalue weighted by Gasteiger charge is -2.49. The van der Waals surface area contributed by atoms with E-state index in [2.05, 4.69) is 24.3 Å². The van der Waals surface area contributed by atoms with E-state index in [0.717, 1.165) is 23.1 Å². The number of nitrogens with zero attached hydrogens (tertiary/aromatic N) is 2. The van der Waals surface area contributed by atoms with Crippen LogP contribution in [0.5, 0.6) is 0 Å². The van der Waals surface area contributed by atoms with Crippen LogP contribution in [0.25, 0.3) is 0 Å². The SMILES string of the molecule is O=C1N(Cc2ccccc2)[C@@H](CCc2ccccc2)[C@@H](O)[C@H](Cc2ccccc2)N1Cc1ccccc1. The number of hydrogen-bond donors (Lipinski definition) is 1. The number of aliphatic hydroxyl groups excluding tert-OH is 1. The van der Waals surface area contributed by atoms with Crippen LogP contribution in [-0.2, 0) is 25.9 Å². The lowest BCUT2D eigenvalue weighted by Crippen LogP contribution is -2.66. The van der Waals surface area contributed by atoms with E-state index in [1.54, 1.807) is 0 Å². The van der Waals surface area contributed by atoms with Gasteiger partial charge in [0.05, 0.1) is 18.2 Å². The van der Waals surface area contributed by atoms with Crippen LogP contribution in [-0.4, -0.2) is 39.1 Å². The van der Waals surface area contributed by atoms with E-state index in [1.165, 1.54) is 5.56 Å². The van der Waals surface area contributed by atoms with Crippen molar-refractivity contribution in [2.24, 2.45) is 0 Å². The smallest absolute Gasteiger partial charge is 0.321 e. The molecule has 4 nitrogen and oxygen atoms in total. The Balaban J connectivity index is 1.48. The summed E-state index contributed by atoms with van der Waals surface area (Å²) in [5.74, 6) is 0. The van der Waals surface area contributed by atoms with Gasteiger partial charge in [0.25, 0.3) is 0 Å². The molecule has 0 spiro atoms. The molecule has 0 unspecified atom stereocenters. The predicted octanol–water partition coefficient (Wildman–Crippen LogP) is 6.10. The van der Waals surface area contributed by atoms with Crippen molar-refractivity contribution in [2.45, 2.75) is 50.5 Å². The molecule has 1 aliphatic heterocycles. The highest BCUT2D eigenvalue weighted by Crippen LogP contribution is 2.31. The van der Waals surface area contributed by atoms with Crippen LogP contribution in [0.3, 0.4) is 0 Å². The zero-order valence-electron chi connectivity index (χ0n) is 21.1. The third-order valence-corrected chi connectivity index (χ3v) is 7.33. The summed E-state index contributed by atoms with van der Waals surface area (Å²) in [4.78, 5) is 18.0. The van der Waals surface area contributed by atoms with E-state index in [1.807, 2.05) is 107 Å². The zero-order valence-corrected chi connectivity index (χ0v) is 21.1. The summed E-state index contributed by atoms with van der Waals surface area (Å²) >= 11 is 0. The quantitative estimate of drug-likeness (QED) is 0.308. The Kier molecular flexibility index (Phi) is 7.97. The molecule has 2 amide bonds. The van der Waals surface area contributed by atoms with Crippen LogP contribution in [0.4, 0.5) is 4.79 Å². The number of carbonyl (C=O) groups excluding carboxylic acids is 1. The minimum atomic E-state index is -0.686. The Morgan fingerprint density at radius 2 is 0.946 bits per heavy atom. The first-order chi connectivity index (χ1) is 18.2. The van der Waals surface area contributed by atoms with Gasteiger partial charge in [0.15, 0.2) is 0 Å². The molecule has 1 heterocycles. The van der Waals surface area contributed by atoms with E-state index in [0.29, 0.717) is 25.9 Å². The van der Waals surface area contributed by atoms with Gasteiger partial charge in [-0.2, -0.15) is 0 Å². The largest absolute Gasteiger partial charge is 0.389 e. The lowest BCUT2D eigenvalue weighted by molar-refractivity contribution is -0.0453. The fraction of sp³-hybridized carbons (Fsp3) is 0.242. The highest BCUT2D eigenvalue weighted by molar-refractivity contribution is 5.76. The molecular weight excluding hydrogens is 456 g/mol. The van der Waals surface area contributed by atoms with Crippen LogP contribution in [0.1, 0.15) is 28.7 Å². The molecule has 1 N–H and O–H groups in total. The van der Waals surface area contributed by atoms with Crippen molar-refractivity contribution >= 4 is 6.03 Å². The maximum Gasteiger partial charge on any atom is 0.321 e. The topological polar surface area (TPSA) is 43.8 Å². The number of hydrogen-bond acceptors (Lipinski definition) is 2. The third-order valence-electron chi connectivity index (χ3n) is 7.33. The highest BCUT2D eigenvalue weighted by atomic mass is 16.3. The molecule has 0 bridgehead atoms. The van der Waals surface area contributed by atoms with Crippen molar-refractivity contribution in [3.05, 3.63) is 144 Å². The second-order valence-corrected chi connectivity index (χ2v) is 9.85. The normalized spacial score (nSPS) is 19.7. The molecular formula is C33H34N2O2. The van der Waals surface area contributed by atoms with Crippen molar-refractivity contribution in [2.75, 3.05) is 0 Å². The molecule has 1 fully saturated rings. The minimum absolute atomic E-state index is 0.0167. The molecule has 4 heteroatoms. The summed E-state index contributed by atoms with van der Waals surface area (Å²) < 4.78 is 0. The summed E-state index contributed by atoms with van der Waals surface area (Å²) in [7, 11) is 0. The molecule has 37 heavy (non-hydrogen) atoms. The van der Waals surface area contributed by atoms with E-state index in [4.69, 9.17) is 0 Å². The maximum absolute atomic E-state index is 14.2. The third kappa shape index (κ3) is 6.10. The molecule has 0 saturated carbocycles. The summed E-state index contributed by atoms with van der Waals surface area (Å²) in [6.07, 6.45) is 1.43. The first-order valence-corrected chi connectivity index (χ1v) is 13.1. The van der Waals surface area contributed by atoms with Crippen molar-refractivity contribution in [1.82, 2.24) is 9.80 Å². The van der Waals surface area contributed by atoms with Crippen LogP contribution in [0.2, 0.25) is 0 Å². The number of aryl methyl sites for hydroxylation is 1. The second kappa shape index (κ2) is 11.9. The van der Waals surface area contributed by atoms with Gasteiger partial charge in [-0.25, -0.2) is 4.79 Å². The van der Waals surface area contributed by atoms with Crippen LogP contribution >= 0.6 is 0 Å². The molecule has 5 rings (SSSR count). The first kappa shape index (κ1) is 24.8. The van der Waals surface area contributed by atoms with E-state index in [-0.39, 0.29) is 18.1 Å². The predicted molar refractivity (Wildman–Crippen MR) is 148 cm³/mol. The summed E-state index contributed by atoms with van der Waals surface area (Å²) in [6, 6.07) is 40.0. The van der Waals surface area contributed by atoms with Gasteiger partial charge < -0.3 is 14.9 Å². The molecule has 4 aromatic carbocycles. The number of rotatable bonds is 9. The van der Waals surface area contributed by atoms with Gasteiger partial charge in [-0.3, -0.25) is 0 Å².